The van der Waals surface area contributed by atoms with Gasteiger partial charge in [0.2, 0.25) is 0 Å². The van der Waals surface area contributed by atoms with Gasteiger partial charge in [0.15, 0.2) is 0 Å². The van der Waals surface area contributed by atoms with Gasteiger partial charge in [0.1, 0.15) is 0 Å². The first-order chi connectivity index (χ1) is 6.43. The van der Waals surface area contributed by atoms with Crippen LogP contribution in [0.5, 0.6) is 0 Å². The van der Waals surface area contributed by atoms with E-state index in [0.717, 1.165) is 6.42 Å². The second-order valence-corrected chi connectivity index (χ2v) is 4.72. The molecular weight excluding hydrogens is 178 g/mol. The molecule has 2 atom stereocenters. The van der Waals surface area contributed by atoms with Crippen molar-refractivity contribution in [2.75, 3.05) is 20.3 Å². The van der Waals surface area contributed by atoms with Gasteiger partial charge in [-0.3, -0.25) is 0 Å². The highest BCUT2D eigenvalue weighted by Gasteiger charge is 2.22. The van der Waals surface area contributed by atoms with Crippen LogP contribution in [0.25, 0.3) is 0 Å². The molecule has 2 N–H and O–H groups in total. The number of nitrogens with one attached hydrogen (secondary N) is 1. The fraction of sp³-hybridized carbons (Fsp3) is 1.00. The third kappa shape index (κ3) is 5.58. The zero-order valence-electron chi connectivity index (χ0n) is 10.1. The summed E-state index contributed by atoms with van der Waals surface area (Å²) >= 11 is 0. The SMILES string of the molecule is CNC(C)(CO)COC(C)CC(C)C. The van der Waals surface area contributed by atoms with E-state index in [4.69, 9.17) is 9.84 Å². The molecule has 3 heteroatoms. The molecule has 0 aliphatic rings. The largest absolute Gasteiger partial charge is 0.394 e. The van der Waals surface area contributed by atoms with E-state index in [9.17, 15) is 0 Å². The minimum Gasteiger partial charge on any atom is -0.394 e. The maximum Gasteiger partial charge on any atom is 0.0671 e. The summed E-state index contributed by atoms with van der Waals surface area (Å²) in [7, 11) is 1.84. The van der Waals surface area contributed by atoms with E-state index in [2.05, 4.69) is 26.1 Å². The van der Waals surface area contributed by atoms with Crippen molar-refractivity contribution in [1.82, 2.24) is 5.32 Å². The molecule has 0 heterocycles. The number of aliphatic hydroxyl groups is 1. The standard InChI is InChI=1S/C11H25NO2/c1-9(2)6-10(3)14-8-11(4,7-13)12-5/h9-10,12-13H,6-8H2,1-5H3. The van der Waals surface area contributed by atoms with Gasteiger partial charge in [-0.2, -0.15) is 0 Å². The maximum atomic E-state index is 9.14. The van der Waals surface area contributed by atoms with Gasteiger partial charge >= 0.3 is 0 Å². The smallest absolute Gasteiger partial charge is 0.0671 e. The van der Waals surface area contributed by atoms with E-state index in [1.54, 1.807) is 0 Å². The second kappa shape index (κ2) is 6.38. The van der Waals surface area contributed by atoms with Crippen LogP contribution in [0.15, 0.2) is 0 Å². The quantitative estimate of drug-likeness (QED) is 0.657. The number of rotatable bonds is 7. The van der Waals surface area contributed by atoms with Gasteiger partial charge in [0.05, 0.1) is 24.9 Å². The fourth-order valence-electron chi connectivity index (χ4n) is 1.25. The first-order valence-electron chi connectivity index (χ1n) is 5.35. The molecule has 0 bridgehead atoms. The van der Waals surface area contributed by atoms with Crippen molar-refractivity contribution in [3.05, 3.63) is 0 Å². The van der Waals surface area contributed by atoms with Crippen LogP contribution in [0.2, 0.25) is 0 Å². The zero-order chi connectivity index (χ0) is 11.2. The molecule has 86 valence electrons. The van der Waals surface area contributed by atoms with E-state index < -0.39 is 0 Å². The Kier molecular flexibility index (Phi) is 6.33. The number of hydrogen-bond donors (Lipinski definition) is 2. The summed E-state index contributed by atoms with van der Waals surface area (Å²) in [5.74, 6) is 0.653. The van der Waals surface area contributed by atoms with Crippen molar-refractivity contribution < 1.29 is 9.84 Å². The van der Waals surface area contributed by atoms with E-state index in [1.165, 1.54) is 0 Å². The lowest BCUT2D eigenvalue weighted by molar-refractivity contribution is -0.00122. The molecule has 0 aliphatic carbocycles. The lowest BCUT2D eigenvalue weighted by Crippen LogP contribution is -2.48. The summed E-state index contributed by atoms with van der Waals surface area (Å²) in [5.41, 5.74) is -0.314. The minimum atomic E-state index is -0.314. The average molecular weight is 203 g/mol. The Morgan fingerprint density at radius 2 is 1.93 bits per heavy atom. The van der Waals surface area contributed by atoms with Crippen molar-refractivity contribution in [3.8, 4) is 0 Å². The number of ether oxygens (including phenoxy) is 1. The summed E-state index contributed by atoms with van der Waals surface area (Å²) in [6, 6.07) is 0. The van der Waals surface area contributed by atoms with Crippen LogP contribution in [0.4, 0.5) is 0 Å². The Bertz CT molecular complexity index is 144. The van der Waals surface area contributed by atoms with Crippen molar-refractivity contribution >= 4 is 0 Å². The van der Waals surface area contributed by atoms with Gasteiger partial charge in [-0.25, -0.2) is 0 Å². The first kappa shape index (κ1) is 13.9. The molecule has 0 aromatic carbocycles. The third-order valence-electron chi connectivity index (χ3n) is 2.44. The molecule has 0 aliphatic heterocycles. The van der Waals surface area contributed by atoms with Crippen LogP contribution < -0.4 is 5.32 Å². The van der Waals surface area contributed by atoms with Gasteiger partial charge in [-0.1, -0.05) is 13.8 Å². The molecule has 0 aromatic heterocycles. The van der Waals surface area contributed by atoms with Crippen LogP contribution in [0.3, 0.4) is 0 Å². The van der Waals surface area contributed by atoms with Crippen molar-refractivity contribution in [2.24, 2.45) is 5.92 Å². The van der Waals surface area contributed by atoms with Gasteiger partial charge < -0.3 is 15.2 Å². The summed E-state index contributed by atoms with van der Waals surface area (Å²) in [6.45, 7) is 9.04. The van der Waals surface area contributed by atoms with Crippen LogP contribution in [0, 0.1) is 5.92 Å². The van der Waals surface area contributed by atoms with E-state index in [-0.39, 0.29) is 18.2 Å². The number of hydrogen-bond acceptors (Lipinski definition) is 3. The van der Waals surface area contributed by atoms with Gasteiger partial charge in [0.25, 0.3) is 0 Å². The predicted molar refractivity (Wildman–Crippen MR) is 59.4 cm³/mol. The lowest BCUT2D eigenvalue weighted by atomic mass is 10.0. The maximum absolute atomic E-state index is 9.14. The van der Waals surface area contributed by atoms with Gasteiger partial charge in [-0.15, -0.1) is 0 Å². The lowest BCUT2D eigenvalue weighted by Gasteiger charge is -2.28. The predicted octanol–water partition coefficient (Wildman–Crippen LogP) is 1.41. The van der Waals surface area contributed by atoms with E-state index >= 15 is 0 Å². The fourth-order valence-corrected chi connectivity index (χ4v) is 1.25. The molecule has 0 radical (unpaired) electrons. The number of aliphatic hydroxyl groups excluding tert-OH is 1. The molecule has 0 fully saturated rings. The highest BCUT2D eigenvalue weighted by molar-refractivity contribution is 4.80. The van der Waals surface area contributed by atoms with Crippen LogP contribution in [-0.4, -0.2) is 37.0 Å². The molecule has 2 unspecified atom stereocenters. The second-order valence-electron chi connectivity index (χ2n) is 4.72. The summed E-state index contributed by atoms with van der Waals surface area (Å²) in [4.78, 5) is 0. The van der Waals surface area contributed by atoms with Crippen LogP contribution >= 0.6 is 0 Å². The van der Waals surface area contributed by atoms with Crippen molar-refractivity contribution in [3.63, 3.8) is 0 Å². The molecule has 0 saturated carbocycles. The highest BCUT2D eigenvalue weighted by atomic mass is 16.5. The van der Waals surface area contributed by atoms with E-state index in [0.29, 0.717) is 12.5 Å². The van der Waals surface area contributed by atoms with Crippen molar-refractivity contribution in [1.29, 1.82) is 0 Å². The summed E-state index contributed by atoms with van der Waals surface area (Å²) in [6.07, 6.45) is 1.32. The Balaban J connectivity index is 3.79. The summed E-state index contributed by atoms with van der Waals surface area (Å²) in [5, 5.41) is 12.2. The molecule has 0 saturated heterocycles. The molecule has 0 spiro atoms. The molecule has 14 heavy (non-hydrogen) atoms. The summed E-state index contributed by atoms with van der Waals surface area (Å²) < 4.78 is 5.68. The Morgan fingerprint density at radius 3 is 2.29 bits per heavy atom. The van der Waals surface area contributed by atoms with E-state index in [1.807, 2.05) is 14.0 Å². The van der Waals surface area contributed by atoms with Crippen LogP contribution in [-0.2, 0) is 4.74 Å². The molecule has 0 amide bonds. The molecule has 0 rings (SSSR count). The van der Waals surface area contributed by atoms with Crippen molar-refractivity contribution in [2.45, 2.75) is 45.8 Å². The first-order valence-corrected chi connectivity index (χ1v) is 5.35. The minimum absolute atomic E-state index is 0.0951. The molecular formula is C11H25NO2. The molecule has 0 aromatic rings. The Morgan fingerprint density at radius 1 is 1.36 bits per heavy atom. The topological polar surface area (TPSA) is 41.5 Å². The third-order valence-corrected chi connectivity index (χ3v) is 2.44. The Labute approximate surface area is 87.8 Å². The van der Waals surface area contributed by atoms with Gasteiger partial charge in [-0.05, 0) is 33.2 Å². The number of likely N-dealkylation sites (N-methyl/N-ethyl adjacent to an activating group) is 1. The Hall–Kier alpha value is -0.120. The average Bonchev–Trinajstić information content (AvgIpc) is 2.13. The van der Waals surface area contributed by atoms with Crippen LogP contribution in [0.1, 0.15) is 34.1 Å². The monoisotopic (exact) mass is 203 g/mol. The highest BCUT2D eigenvalue weighted by Crippen LogP contribution is 2.10. The zero-order valence-corrected chi connectivity index (χ0v) is 10.1. The molecule has 3 nitrogen and oxygen atoms in total. The normalized spacial score (nSPS) is 18.2. The van der Waals surface area contributed by atoms with Gasteiger partial charge in [0, 0.05) is 0 Å².